The number of nitrogens with zero attached hydrogens (tertiary/aromatic N) is 1. The van der Waals surface area contributed by atoms with Gasteiger partial charge in [-0.3, -0.25) is 4.79 Å². The zero-order valence-corrected chi connectivity index (χ0v) is 17.1. The maximum absolute atomic E-state index is 12.9. The standard InChI is InChI=1S/C22H24ClNO4/c1-22(2,3)13-24-17-8-7-14(23)11-16(17)20(28-12-19(24)25)15-5-4-6-18-21(15)27-10-9-26-18/h4-8,11,20H,9-10,12-13H2,1-3H3. The predicted octanol–water partition coefficient (Wildman–Crippen LogP) is 4.61. The minimum absolute atomic E-state index is 0.0163. The van der Waals surface area contributed by atoms with Crippen molar-refractivity contribution in [2.24, 2.45) is 5.41 Å². The molecule has 6 heteroatoms. The lowest BCUT2D eigenvalue weighted by Crippen LogP contribution is -2.39. The Kier molecular flexibility index (Phi) is 4.98. The monoisotopic (exact) mass is 401 g/mol. The van der Waals surface area contributed by atoms with Crippen molar-refractivity contribution >= 4 is 23.2 Å². The largest absolute Gasteiger partial charge is 0.486 e. The normalized spacial score (nSPS) is 19.2. The summed E-state index contributed by atoms with van der Waals surface area (Å²) in [5, 5.41) is 0.597. The third-order valence-corrected chi connectivity index (χ3v) is 4.98. The highest BCUT2D eigenvalue weighted by molar-refractivity contribution is 6.30. The molecule has 0 N–H and O–H groups in total. The maximum Gasteiger partial charge on any atom is 0.253 e. The Morgan fingerprint density at radius 2 is 1.89 bits per heavy atom. The molecule has 0 saturated carbocycles. The molecule has 28 heavy (non-hydrogen) atoms. The fourth-order valence-electron chi connectivity index (χ4n) is 3.65. The molecular formula is C22H24ClNO4. The summed E-state index contributed by atoms with van der Waals surface area (Å²) in [4.78, 5) is 14.7. The van der Waals surface area contributed by atoms with E-state index >= 15 is 0 Å². The van der Waals surface area contributed by atoms with Crippen LogP contribution in [-0.2, 0) is 9.53 Å². The van der Waals surface area contributed by atoms with E-state index in [2.05, 4.69) is 20.8 Å². The zero-order chi connectivity index (χ0) is 19.9. The van der Waals surface area contributed by atoms with Gasteiger partial charge in [-0.05, 0) is 29.7 Å². The first-order valence-corrected chi connectivity index (χ1v) is 9.81. The third-order valence-electron chi connectivity index (χ3n) is 4.75. The molecule has 2 heterocycles. The molecule has 4 rings (SSSR count). The summed E-state index contributed by atoms with van der Waals surface area (Å²) in [5.41, 5.74) is 2.45. The molecule has 1 unspecified atom stereocenters. The number of para-hydroxylation sites is 1. The Balaban J connectivity index is 1.85. The van der Waals surface area contributed by atoms with Crippen molar-refractivity contribution in [1.82, 2.24) is 0 Å². The van der Waals surface area contributed by atoms with Gasteiger partial charge in [0, 0.05) is 28.4 Å². The van der Waals surface area contributed by atoms with Crippen LogP contribution < -0.4 is 14.4 Å². The SMILES string of the molecule is CC(C)(C)CN1C(=O)COC(c2cccc3c2OCCO3)c2cc(Cl)ccc21. The molecule has 5 nitrogen and oxygen atoms in total. The molecule has 1 amide bonds. The highest BCUT2D eigenvalue weighted by Gasteiger charge is 2.34. The second-order valence-corrected chi connectivity index (χ2v) is 8.74. The van der Waals surface area contributed by atoms with E-state index in [1.54, 1.807) is 4.90 Å². The lowest BCUT2D eigenvalue weighted by molar-refractivity contribution is -0.124. The van der Waals surface area contributed by atoms with E-state index in [0.29, 0.717) is 36.3 Å². The van der Waals surface area contributed by atoms with Gasteiger partial charge in [-0.1, -0.05) is 44.5 Å². The van der Waals surface area contributed by atoms with Crippen molar-refractivity contribution in [2.75, 3.05) is 31.3 Å². The number of hydrogen-bond donors (Lipinski definition) is 0. The number of fused-ring (bicyclic) bond motifs is 2. The van der Waals surface area contributed by atoms with E-state index in [1.807, 2.05) is 36.4 Å². The molecule has 2 aromatic rings. The van der Waals surface area contributed by atoms with Crippen LogP contribution in [0.15, 0.2) is 36.4 Å². The van der Waals surface area contributed by atoms with Gasteiger partial charge in [0.15, 0.2) is 11.5 Å². The van der Waals surface area contributed by atoms with Crippen molar-refractivity contribution in [3.8, 4) is 11.5 Å². The second-order valence-electron chi connectivity index (χ2n) is 8.31. The molecule has 2 aliphatic heterocycles. The van der Waals surface area contributed by atoms with Crippen LogP contribution >= 0.6 is 11.6 Å². The Morgan fingerprint density at radius 3 is 2.68 bits per heavy atom. The van der Waals surface area contributed by atoms with Gasteiger partial charge in [0.1, 0.15) is 25.9 Å². The van der Waals surface area contributed by atoms with Crippen LogP contribution in [0.4, 0.5) is 5.69 Å². The molecule has 0 saturated heterocycles. The average molecular weight is 402 g/mol. The lowest BCUT2D eigenvalue weighted by Gasteiger charge is -2.30. The molecule has 0 aliphatic carbocycles. The van der Waals surface area contributed by atoms with Gasteiger partial charge in [0.2, 0.25) is 0 Å². The van der Waals surface area contributed by atoms with Gasteiger partial charge < -0.3 is 19.1 Å². The fraction of sp³-hybridized carbons (Fsp3) is 0.409. The molecule has 0 radical (unpaired) electrons. The van der Waals surface area contributed by atoms with E-state index in [4.69, 9.17) is 25.8 Å². The second kappa shape index (κ2) is 7.30. The minimum Gasteiger partial charge on any atom is -0.486 e. The van der Waals surface area contributed by atoms with Gasteiger partial charge >= 0.3 is 0 Å². The van der Waals surface area contributed by atoms with Crippen LogP contribution in [-0.4, -0.2) is 32.3 Å². The number of ether oxygens (including phenoxy) is 3. The first-order chi connectivity index (χ1) is 13.3. The predicted molar refractivity (Wildman–Crippen MR) is 108 cm³/mol. The Bertz CT molecular complexity index is 906. The number of rotatable bonds is 2. The Hall–Kier alpha value is -2.24. The maximum atomic E-state index is 12.9. The molecule has 1 atom stereocenters. The summed E-state index contributed by atoms with van der Waals surface area (Å²) in [6.45, 7) is 7.89. The molecule has 2 aromatic carbocycles. The van der Waals surface area contributed by atoms with Crippen LogP contribution in [0.25, 0.3) is 0 Å². The summed E-state index contributed by atoms with van der Waals surface area (Å²) in [5.74, 6) is 1.29. The fourth-order valence-corrected chi connectivity index (χ4v) is 3.83. The molecule has 148 valence electrons. The van der Waals surface area contributed by atoms with E-state index in [9.17, 15) is 4.79 Å². The quantitative estimate of drug-likeness (QED) is 0.737. The topological polar surface area (TPSA) is 48.0 Å². The molecule has 0 aromatic heterocycles. The van der Waals surface area contributed by atoms with Crippen molar-refractivity contribution in [3.05, 3.63) is 52.5 Å². The lowest BCUT2D eigenvalue weighted by atomic mass is 9.94. The molecular weight excluding hydrogens is 378 g/mol. The summed E-state index contributed by atoms with van der Waals surface area (Å²) in [6, 6.07) is 11.3. The number of benzene rings is 2. The first kappa shape index (κ1) is 19.1. The highest BCUT2D eigenvalue weighted by atomic mass is 35.5. The van der Waals surface area contributed by atoms with Gasteiger partial charge in [-0.25, -0.2) is 0 Å². The number of anilines is 1. The molecule has 0 fully saturated rings. The van der Waals surface area contributed by atoms with E-state index in [1.165, 1.54) is 0 Å². The summed E-state index contributed by atoms with van der Waals surface area (Å²) in [7, 11) is 0. The van der Waals surface area contributed by atoms with E-state index in [-0.39, 0.29) is 17.9 Å². The number of carbonyl (C=O) groups excluding carboxylic acids is 1. The van der Waals surface area contributed by atoms with Gasteiger partial charge in [0.05, 0.1) is 0 Å². The minimum atomic E-state index is -0.473. The van der Waals surface area contributed by atoms with E-state index < -0.39 is 6.10 Å². The number of hydrogen-bond acceptors (Lipinski definition) is 4. The van der Waals surface area contributed by atoms with Gasteiger partial charge in [-0.2, -0.15) is 0 Å². The van der Waals surface area contributed by atoms with Gasteiger partial charge in [-0.15, -0.1) is 0 Å². The molecule has 0 bridgehead atoms. The number of amides is 1. The number of halogens is 1. The summed E-state index contributed by atoms with van der Waals surface area (Å²) >= 11 is 6.33. The van der Waals surface area contributed by atoms with Crippen LogP contribution in [0.1, 0.15) is 38.0 Å². The van der Waals surface area contributed by atoms with Crippen molar-refractivity contribution in [3.63, 3.8) is 0 Å². The highest BCUT2D eigenvalue weighted by Crippen LogP contribution is 2.45. The van der Waals surface area contributed by atoms with E-state index in [0.717, 1.165) is 16.8 Å². The van der Waals surface area contributed by atoms with Crippen LogP contribution in [0.3, 0.4) is 0 Å². The van der Waals surface area contributed by atoms with Crippen LogP contribution in [0.5, 0.6) is 11.5 Å². The Morgan fingerprint density at radius 1 is 1.11 bits per heavy atom. The summed E-state index contributed by atoms with van der Waals surface area (Å²) < 4.78 is 17.7. The zero-order valence-electron chi connectivity index (χ0n) is 16.3. The molecule has 0 spiro atoms. The average Bonchev–Trinajstić information content (AvgIpc) is 2.77. The first-order valence-electron chi connectivity index (χ1n) is 9.43. The Labute approximate surface area is 170 Å². The molecule has 2 aliphatic rings. The van der Waals surface area contributed by atoms with Crippen molar-refractivity contribution in [1.29, 1.82) is 0 Å². The van der Waals surface area contributed by atoms with Crippen molar-refractivity contribution in [2.45, 2.75) is 26.9 Å². The smallest absolute Gasteiger partial charge is 0.253 e. The summed E-state index contributed by atoms with van der Waals surface area (Å²) in [6.07, 6.45) is -0.473. The van der Waals surface area contributed by atoms with Gasteiger partial charge in [0.25, 0.3) is 5.91 Å². The third kappa shape index (κ3) is 3.69. The van der Waals surface area contributed by atoms with Crippen LogP contribution in [0, 0.1) is 5.41 Å². The van der Waals surface area contributed by atoms with Crippen molar-refractivity contribution < 1.29 is 19.0 Å². The number of carbonyl (C=O) groups is 1. The van der Waals surface area contributed by atoms with Crippen LogP contribution in [0.2, 0.25) is 5.02 Å².